The van der Waals surface area contributed by atoms with Crippen molar-refractivity contribution < 1.29 is 4.74 Å². The van der Waals surface area contributed by atoms with E-state index in [1.165, 1.54) is 19.3 Å². The number of ether oxygens (including phenoxy) is 1. The minimum absolute atomic E-state index is 0.358. The Bertz CT molecular complexity index is 357. The molecule has 0 aliphatic carbocycles. The van der Waals surface area contributed by atoms with Crippen LogP contribution in [0.1, 0.15) is 30.9 Å². The first-order chi connectivity index (χ1) is 7.93. The number of nitrogens with zero attached hydrogens (tertiary/aromatic N) is 3. The second kappa shape index (κ2) is 4.51. The third-order valence-electron chi connectivity index (χ3n) is 3.38. The summed E-state index contributed by atoms with van der Waals surface area (Å²) in [6.07, 6.45) is 4.94. The molecule has 1 unspecified atom stereocenters. The molecule has 88 valence electrons. The molecule has 5 nitrogen and oxygen atoms in total. The van der Waals surface area contributed by atoms with E-state index in [0.717, 1.165) is 44.3 Å². The van der Waals surface area contributed by atoms with E-state index in [0.29, 0.717) is 6.10 Å². The highest BCUT2D eigenvalue weighted by atomic mass is 16.5. The Labute approximate surface area is 95.2 Å². The van der Waals surface area contributed by atoms with Gasteiger partial charge in [0, 0.05) is 26.1 Å². The van der Waals surface area contributed by atoms with Gasteiger partial charge in [-0.25, -0.2) is 0 Å². The number of nitrogens with one attached hydrogen (secondary N) is 1. The minimum Gasteiger partial charge on any atom is -0.378 e. The van der Waals surface area contributed by atoms with E-state index >= 15 is 0 Å². The maximum Gasteiger partial charge on any atom is 0.147 e. The smallest absolute Gasteiger partial charge is 0.147 e. The standard InChI is InChI=1S/C11H18N4O/c1-2-6-16-9(3-1)7-10-13-14-11-8-12-4-5-15(10)11/h9,12H,1-8H2. The molecule has 2 aliphatic heterocycles. The summed E-state index contributed by atoms with van der Waals surface area (Å²) < 4.78 is 7.99. The number of hydrogen-bond acceptors (Lipinski definition) is 4. The van der Waals surface area contributed by atoms with Crippen LogP contribution in [0.4, 0.5) is 0 Å². The molecular weight excluding hydrogens is 204 g/mol. The van der Waals surface area contributed by atoms with Gasteiger partial charge in [-0.15, -0.1) is 10.2 Å². The van der Waals surface area contributed by atoms with Gasteiger partial charge in [0.1, 0.15) is 11.6 Å². The molecule has 1 N–H and O–H groups in total. The highest BCUT2D eigenvalue weighted by Crippen LogP contribution is 2.17. The first-order valence-electron chi connectivity index (χ1n) is 6.17. The monoisotopic (exact) mass is 222 g/mol. The van der Waals surface area contributed by atoms with Crippen LogP contribution < -0.4 is 5.32 Å². The first-order valence-corrected chi connectivity index (χ1v) is 6.17. The number of rotatable bonds is 2. The quantitative estimate of drug-likeness (QED) is 0.791. The molecule has 2 aliphatic rings. The molecule has 0 radical (unpaired) electrons. The molecule has 1 saturated heterocycles. The summed E-state index contributed by atoms with van der Waals surface area (Å²) in [7, 11) is 0. The van der Waals surface area contributed by atoms with Crippen LogP contribution in [-0.4, -0.2) is 34.0 Å². The molecule has 3 rings (SSSR count). The Morgan fingerprint density at radius 1 is 1.38 bits per heavy atom. The highest BCUT2D eigenvalue weighted by molar-refractivity contribution is 5.00. The largest absolute Gasteiger partial charge is 0.378 e. The Morgan fingerprint density at radius 2 is 2.38 bits per heavy atom. The van der Waals surface area contributed by atoms with Crippen molar-refractivity contribution in [2.75, 3.05) is 13.2 Å². The molecule has 0 amide bonds. The van der Waals surface area contributed by atoms with Crippen molar-refractivity contribution in [1.82, 2.24) is 20.1 Å². The van der Waals surface area contributed by atoms with Crippen LogP contribution in [0.2, 0.25) is 0 Å². The van der Waals surface area contributed by atoms with Crippen LogP contribution in [0, 0.1) is 0 Å². The molecule has 1 fully saturated rings. The molecule has 5 heteroatoms. The Kier molecular flexibility index (Phi) is 2.88. The van der Waals surface area contributed by atoms with Crippen molar-refractivity contribution in [2.45, 2.75) is 44.9 Å². The van der Waals surface area contributed by atoms with E-state index in [1.807, 2.05) is 0 Å². The van der Waals surface area contributed by atoms with Gasteiger partial charge in [0.05, 0.1) is 12.6 Å². The van der Waals surface area contributed by atoms with Crippen molar-refractivity contribution >= 4 is 0 Å². The second-order valence-electron chi connectivity index (χ2n) is 4.55. The van der Waals surface area contributed by atoms with E-state index in [-0.39, 0.29) is 0 Å². The van der Waals surface area contributed by atoms with Gasteiger partial charge in [0.25, 0.3) is 0 Å². The average molecular weight is 222 g/mol. The van der Waals surface area contributed by atoms with Crippen LogP contribution in [0.5, 0.6) is 0 Å². The number of hydrogen-bond donors (Lipinski definition) is 1. The zero-order chi connectivity index (χ0) is 10.8. The van der Waals surface area contributed by atoms with Gasteiger partial charge >= 0.3 is 0 Å². The molecule has 0 aromatic carbocycles. The second-order valence-corrected chi connectivity index (χ2v) is 4.55. The molecule has 1 aromatic rings. The van der Waals surface area contributed by atoms with E-state index in [9.17, 15) is 0 Å². The van der Waals surface area contributed by atoms with Gasteiger partial charge in [0.15, 0.2) is 0 Å². The lowest BCUT2D eigenvalue weighted by molar-refractivity contribution is 0.0150. The molecule has 0 spiro atoms. The van der Waals surface area contributed by atoms with E-state index < -0.39 is 0 Å². The summed E-state index contributed by atoms with van der Waals surface area (Å²) in [4.78, 5) is 0. The average Bonchev–Trinajstić information content (AvgIpc) is 2.74. The lowest BCUT2D eigenvalue weighted by atomic mass is 10.1. The SMILES string of the molecule is C1CCC(Cc2nnc3n2CCNC3)OC1. The molecule has 1 atom stereocenters. The lowest BCUT2D eigenvalue weighted by Gasteiger charge is -2.23. The third-order valence-corrected chi connectivity index (χ3v) is 3.38. The topological polar surface area (TPSA) is 52.0 Å². The van der Waals surface area contributed by atoms with Crippen molar-refractivity contribution in [1.29, 1.82) is 0 Å². The van der Waals surface area contributed by atoms with Gasteiger partial charge in [-0.1, -0.05) is 0 Å². The Balaban J connectivity index is 1.71. The van der Waals surface area contributed by atoms with Crippen molar-refractivity contribution in [3.63, 3.8) is 0 Å². The van der Waals surface area contributed by atoms with E-state index in [4.69, 9.17) is 4.74 Å². The Morgan fingerprint density at radius 3 is 3.25 bits per heavy atom. The van der Waals surface area contributed by atoms with Crippen molar-refractivity contribution in [2.24, 2.45) is 0 Å². The van der Waals surface area contributed by atoms with Gasteiger partial charge in [-0.3, -0.25) is 0 Å². The van der Waals surface area contributed by atoms with Crippen LogP contribution >= 0.6 is 0 Å². The predicted molar refractivity (Wildman–Crippen MR) is 59.0 cm³/mol. The van der Waals surface area contributed by atoms with Gasteiger partial charge in [0.2, 0.25) is 0 Å². The lowest BCUT2D eigenvalue weighted by Crippen LogP contribution is -2.30. The minimum atomic E-state index is 0.358. The van der Waals surface area contributed by atoms with E-state index in [1.54, 1.807) is 0 Å². The fraction of sp³-hybridized carbons (Fsp3) is 0.818. The zero-order valence-corrected chi connectivity index (χ0v) is 9.48. The maximum atomic E-state index is 5.75. The molecule has 3 heterocycles. The predicted octanol–water partition coefficient (Wildman–Crippen LogP) is 0.493. The highest BCUT2D eigenvalue weighted by Gasteiger charge is 2.20. The summed E-state index contributed by atoms with van der Waals surface area (Å²) in [6, 6.07) is 0. The molecular formula is C11H18N4O. The Hall–Kier alpha value is -0.940. The summed E-state index contributed by atoms with van der Waals surface area (Å²) in [5.41, 5.74) is 0. The molecule has 0 saturated carbocycles. The fourth-order valence-corrected chi connectivity index (χ4v) is 2.48. The molecule has 0 bridgehead atoms. The van der Waals surface area contributed by atoms with E-state index in [2.05, 4.69) is 20.1 Å². The number of aromatic nitrogens is 3. The van der Waals surface area contributed by atoms with Crippen LogP contribution in [0.3, 0.4) is 0 Å². The van der Waals surface area contributed by atoms with Crippen LogP contribution in [-0.2, 0) is 24.2 Å². The summed E-state index contributed by atoms with van der Waals surface area (Å²) in [6.45, 7) is 3.76. The molecule has 1 aromatic heterocycles. The maximum absolute atomic E-state index is 5.75. The third kappa shape index (κ3) is 1.97. The number of fused-ring (bicyclic) bond motifs is 1. The van der Waals surface area contributed by atoms with Crippen molar-refractivity contribution in [3.05, 3.63) is 11.6 Å². The summed E-state index contributed by atoms with van der Waals surface area (Å²) in [5.74, 6) is 2.17. The summed E-state index contributed by atoms with van der Waals surface area (Å²) in [5, 5.41) is 11.8. The van der Waals surface area contributed by atoms with Crippen molar-refractivity contribution in [3.8, 4) is 0 Å². The van der Waals surface area contributed by atoms with Gasteiger partial charge in [-0.2, -0.15) is 0 Å². The fourth-order valence-electron chi connectivity index (χ4n) is 2.48. The normalized spacial score (nSPS) is 25.4. The summed E-state index contributed by atoms with van der Waals surface area (Å²) >= 11 is 0. The van der Waals surface area contributed by atoms with Crippen LogP contribution in [0.15, 0.2) is 0 Å². The first kappa shape index (κ1) is 10.2. The van der Waals surface area contributed by atoms with Gasteiger partial charge < -0.3 is 14.6 Å². The molecule has 16 heavy (non-hydrogen) atoms. The van der Waals surface area contributed by atoms with Crippen LogP contribution in [0.25, 0.3) is 0 Å². The zero-order valence-electron chi connectivity index (χ0n) is 9.48. The van der Waals surface area contributed by atoms with Gasteiger partial charge in [-0.05, 0) is 19.3 Å².